The number of aromatic nitrogens is 1. The van der Waals surface area contributed by atoms with Gasteiger partial charge in [-0.3, -0.25) is 4.79 Å². The van der Waals surface area contributed by atoms with Gasteiger partial charge in [0.2, 0.25) is 5.43 Å². The summed E-state index contributed by atoms with van der Waals surface area (Å²) in [5.41, 5.74) is 4.89. The van der Waals surface area contributed by atoms with Crippen LogP contribution in [0.2, 0.25) is 0 Å². The Bertz CT molecular complexity index is 1130. The molecule has 1 atom stereocenters. The largest absolute Gasteiger partial charge is 0.487 e. The van der Waals surface area contributed by atoms with Gasteiger partial charge in [-0.15, -0.1) is 0 Å². The van der Waals surface area contributed by atoms with Crippen molar-refractivity contribution in [1.82, 2.24) is 4.57 Å². The number of benzene rings is 1. The van der Waals surface area contributed by atoms with Crippen LogP contribution in [0.3, 0.4) is 0 Å². The zero-order valence-corrected chi connectivity index (χ0v) is 16.3. The van der Waals surface area contributed by atoms with Gasteiger partial charge < -0.3 is 29.8 Å². The Hall–Kier alpha value is -2.98. The number of nitrogens with two attached hydrogens (primary N) is 1. The van der Waals surface area contributed by atoms with Crippen LogP contribution in [-0.4, -0.2) is 55.1 Å². The van der Waals surface area contributed by atoms with Crippen LogP contribution < -0.4 is 20.8 Å². The molecule has 0 aliphatic carbocycles. The third-order valence-corrected chi connectivity index (χ3v) is 5.41. The molecule has 2 aromatic rings. The van der Waals surface area contributed by atoms with Gasteiger partial charge in [0.15, 0.2) is 11.6 Å². The highest BCUT2D eigenvalue weighted by Crippen LogP contribution is 2.42. The van der Waals surface area contributed by atoms with E-state index in [4.69, 9.17) is 15.2 Å². The van der Waals surface area contributed by atoms with E-state index in [9.17, 15) is 19.1 Å². The van der Waals surface area contributed by atoms with Gasteiger partial charge in [-0.1, -0.05) is 0 Å². The highest BCUT2D eigenvalue weighted by atomic mass is 19.1. The zero-order valence-electron chi connectivity index (χ0n) is 16.3. The molecule has 2 aliphatic rings. The second-order valence-corrected chi connectivity index (χ2v) is 7.36. The zero-order chi connectivity index (χ0) is 21.6. The van der Waals surface area contributed by atoms with Gasteiger partial charge in [-0.25, -0.2) is 13.6 Å². The third kappa shape index (κ3) is 3.21. The Morgan fingerprint density at radius 2 is 2.20 bits per heavy atom. The molecule has 30 heavy (non-hydrogen) atoms. The van der Waals surface area contributed by atoms with Crippen LogP contribution in [0.25, 0.3) is 10.9 Å². The Kier molecular flexibility index (Phi) is 5.20. The van der Waals surface area contributed by atoms with Crippen LogP contribution in [0.5, 0.6) is 5.75 Å². The van der Waals surface area contributed by atoms with Crippen molar-refractivity contribution in [2.45, 2.75) is 13.0 Å². The van der Waals surface area contributed by atoms with E-state index in [1.54, 1.807) is 16.4 Å². The van der Waals surface area contributed by atoms with Crippen molar-refractivity contribution in [3.63, 3.8) is 0 Å². The topological polar surface area (TPSA) is 107 Å². The molecule has 160 valence electrons. The maximum absolute atomic E-state index is 15.3. The fourth-order valence-corrected chi connectivity index (χ4v) is 3.88. The maximum atomic E-state index is 15.3. The van der Waals surface area contributed by atoms with E-state index in [1.165, 1.54) is 6.20 Å². The molecule has 10 heteroatoms. The number of ether oxygens (including phenoxy) is 2. The Balaban J connectivity index is 1.97. The summed E-state index contributed by atoms with van der Waals surface area (Å²) in [6.07, 6.45) is 1.26. The Morgan fingerprint density at radius 1 is 1.43 bits per heavy atom. The number of hydrogen-bond acceptors (Lipinski definition) is 6. The lowest BCUT2D eigenvalue weighted by atomic mass is 10.1. The highest BCUT2D eigenvalue weighted by Gasteiger charge is 2.31. The molecule has 0 saturated carbocycles. The summed E-state index contributed by atoms with van der Waals surface area (Å²) < 4.78 is 42.3. The van der Waals surface area contributed by atoms with E-state index in [0.717, 1.165) is 6.07 Å². The average molecular weight is 421 g/mol. The molecule has 1 aromatic carbocycles. The van der Waals surface area contributed by atoms with Crippen LogP contribution in [0.15, 0.2) is 28.5 Å². The van der Waals surface area contributed by atoms with Crippen LogP contribution in [0.1, 0.15) is 23.3 Å². The van der Waals surface area contributed by atoms with E-state index < -0.39 is 28.6 Å². The summed E-state index contributed by atoms with van der Waals surface area (Å²) in [5, 5.41) is 9.29. The number of pyridine rings is 1. The van der Waals surface area contributed by atoms with Crippen molar-refractivity contribution in [1.29, 1.82) is 0 Å². The Morgan fingerprint density at radius 3 is 2.90 bits per heavy atom. The van der Waals surface area contributed by atoms with Gasteiger partial charge in [0.25, 0.3) is 0 Å². The molecule has 1 saturated heterocycles. The number of hydrogen-bond donors (Lipinski definition) is 2. The van der Waals surface area contributed by atoms with Crippen LogP contribution in [0.4, 0.5) is 14.5 Å². The fraction of sp³-hybridized carbons (Fsp3) is 0.400. The number of nitrogens with zero attached hydrogens (tertiary/aromatic N) is 2. The summed E-state index contributed by atoms with van der Waals surface area (Å²) in [6.45, 7) is 2.28. The summed E-state index contributed by atoms with van der Waals surface area (Å²) >= 11 is 0. The molecule has 3 N–H and O–H groups in total. The number of aromatic carboxylic acids is 1. The second kappa shape index (κ2) is 7.69. The highest BCUT2D eigenvalue weighted by molar-refractivity contribution is 5.97. The third-order valence-electron chi connectivity index (χ3n) is 5.41. The quantitative estimate of drug-likeness (QED) is 0.778. The standard InChI is InChI=1S/C20H21F2N3O5/c1-10-8-30-19-16-12(18(26)13(20(27)28)7-25(10)16)4-14(21)17(19)24-2-3-29-9-11(6-24)15(22)5-23/h4,7,10H,2-3,5-6,8-9,23H2,1H3,(H,27,28)/b15-11+/t10-/m0/s1. The number of anilines is 1. The molecule has 1 aromatic heterocycles. The maximum Gasteiger partial charge on any atom is 0.341 e. The number of rotatable bonds is 3. The van der Waals surface area contributed by atoms with Crippen molar-refractivity contribution < 1.29 is 28.2 Å². The molecule has 1 fully saturated rings. The van der Waals surface area contributed by atoms with Gasteiger partial charge in [-0.05, 0) is 13.0 Å². The predicted octanol–water partition coefficient (Wildman–Crippen LogP) is 1.81. The monoisotopic (exact) mass is 421 g/mol. The molecule has 0 radical (unpaired) electrons. The first kappa shape index (κ1) is 20.3. The summed E-state index contributed by atoms with van der Waals surface area (Å²) in [5.74, 6) is -2.53. The normalized spacial score (nSPS) is 20.7. The second-order valence-electron chi connectivity index (χ2n) is 7.36. The summed E-state index contributed by atoms with van der Waals surface area (Å²) in [6, 6.07) is 0.754. The van der Waals surface area contributed by atoms with Gasteiger partial charge in [0, 0.05) is 31.4 Å². The van der Waals surface area contributed by atoms with Crippen molar-refractivity contribution in [2.75, 3.05) is 44.4 Å². The number of halogens is 2. The molecule has 0 spiro atoms. The lowest BCUT2D eigenvalue weighted by Gasteiger charge is -2.32. The predicted molar refractivity (Wildman–Crippen MR) is 106 cm³/mol. The molecule has 0 amide bonds. The number of carbonyl (C=O) groups is 1. The molecule has 2 aliphatic heterocycles. The lowest BCUT2D eigenvalue weighted by molar-refractivity contribution is 0.0694. The summed E-state index contributed by atoms with van der Waals surface area (Å²) in [7, 11) is 0. The van der Waals surface area contributed by atoms with Gasteiger partial charge >= 0.3 is 5.97 Å². The molecule has 8 nitrogen and oxygen atoms in total. The Labute approximate surface area is 170 Å². The minimum atomic E-state index is -1.38. The van der Waals surface area contributed by atoms with Crippen molar-refractivity contribution in [3.8, 4) is 5.75 Å². The average Bonchev–Trinajstić information content (AvgIpc) is 2.97. The van der Waals surface area contributed by atoms with Crippen LogP contribution >= 0.6 is 0 Å². The molecule has 4 rings (SSSR count). The molecular weight excluding hydrogens is 400 g/mol. The number of carboxylic acid groups (broad SMARTS) is 1. The number of carboxylic acids is 1. The minimum absolute atomic E-state index is 0.0502. The minimum Gasteiger partial charge on any atom is -0.487 e. The van der Waals surface area contributed by atoms with Crippen molar-refractivity contribution in [2.24, 2.45) is 5.73 Å². The lowest BCUT2D eigenvalue weighted by Crippen LogP contribution is -2.32. The summed E-state index contributed by atoms with van der Waals surface area (Å²) in [4.78, 5) is 25.8. The van der Waals surface area contributed by atoms with Gasteiger partial charge in [0.05, 0.1) is 30.2 Å². The van der Waals surface area contributed by atoms with E-state index in [2.05, 4.69) is 0 Å². The van der Waals surface area contributed by atoms with E-state index in [1.807, 2.05) is 0 Å². The van der Waals surface area contributed by atoms with E-state index >= 15 is 4.39 Å². The van der Waals surface area contributed by atoms with Gasteiger partial charge in [-0.2, -0.15) is 0 Å². The van der Waals surface area contributed by atoms with E-state index in [0.29, 0.717) is 11.1 Å². The molecule has 0 unspecified atom stereocenters. The van der Waals surface area contributed by atoms with Crippen molar-refractivity contribution >= 4 is 22.6 Å². The first-order valence-corrected chi connectivity index (χ1v) is 9.50. The van der Waals surface area contributed by atoms with Crippen LogP contribution in [-0.2, 0) is 4.74 Å². The van der Waals surface area contributed by atoms with Crippen molar-refractivity contribution in [3.05, 3.63) is 45.3 Å². The molecule has 0 bridgehead atoms. The fourth-order valence-electron chi connectivity index (χ4n) is 3.88. The van der Waals surface area contributed by atoms with Gasteiger partial charge in [0.1, 0.15) is 23.7 Å². The smallest absolute Gasteiger partial charge is 0.341 e. The van der Waals surface area contributed by atoms with E-state index in [-0.39, 0.29) is 62.3 Å². The molecule has 3 heterocycles. The SMILES string of the molecule is C[C@H]1COc2c(N3CCOC/C(=C(/F)CN)C3)c(F)cc3c(=O)c(C(=O)O)cn1c23. The molecular formula is C20H21F2N3O5. The first-order chi connectivity index (χ1) is 14.3. The first-order valence-electron chi connectivity index (χ1n) is 9.50. The van der Waals surface area contributed by atoms with Crippen LogP contribution in [0, 0.1) is 5.82 Å².